The Morgan fingerprint density at radius 1 is 1.17 bits per heavy atom. The SMILES string of the molecule is NS(=O)(=O)c1ccc(N=Cc2cc3c(cc2[N+](=O)[O-])OCO3)cc1. The van der Waals surface area contributed by atoms with Gasteiger partial charge in [0.2, 0.25) is 16.8 Å². The van der Waals surface area contributed by atoms with Gasteiger partial charge in [0.1, 0.15) is 0 Å². The monoisotopic (exact) mass is 349 g/mol. The van der Waals surface area contributed by atoms with Crippen LogP contribution in [0.1, 0.15) is 5.56 Å². The molecular formula is C14H11N3O6S. The van der Waals surface area contributed by atoms with Gasteiger partial charge in [0, 0.05) is 6.21 Å². The molecule has 0 aromatic heterocycles. The number of nitrogens with zero attached hydrogens (tertiary/aromatic N) is 2. The van der Waals surface area contributed by atoms with Crippen LogP contribution in [0.15, 0.2) is 46.3 Å². The molecule has 2 aromatic carbocycles. The Kier molecular flexibility index (Phi) is 3.91. The van der Waals surface area contributed by atoms with Gasteiger partial charge in [-0.05, 0) is 30.3 Å². The molecule has 0 aliphatic carbocycles. The van der Waals surface area contributed by atoms with Gasteiger partial charge in [0.05, 0.1) is 27.1 Å². The second kappa shape index (κ2) is 5.91. The molecule has 9 nitrogen and oxygen atoms in total. The van der Waals surface area contributed by atoms with Crippen molar-refractivity contribution in [3.05, 3.63) is 52.1 Å². The standard InChI is InChI=1S/C14H11N3O6S/c15-24(20,21)11-3-1-10(2-4-11)16-7-9-5-13-14(23-8-22-13)6-12(9)17(18)19/h1-7H,8H2,(H2,15,20,21). The van der Waals surface area contributed by atoms with Gasteiger partial charge in [-0.2, -0.15) is 0 Å². The van der Waals surface area contributed by atoms with E-state index in [1.165, 1.54) is 42.6 Å². The molecule has 0 fully saturated rings. The summed E-state index contributed by atoms with van der Waals surface area (Å²) in [7, 11) is -3.78. The van der Waals surface area contributed by atoms with Crippen molar-refractivity contribution in [3.63, 3.8) is 0 Å². The van der Waals surface area contributed by atoms with Crippen molar-refractivity contribution in [3.8, 4) is 11.5 Å². The van der Waals surface area contributed by atoms with Gasteiger partial charge in [-0.3, -0.25) is 15.1 Å². The van der Waals surface area contributed by atoms with E-state index in [0.29, 0.717) is 17.2 Å². The third kappa shape index (κ3) is 3.19. The summed E-state index contributed by atoms with van der Waals surface area (Å²) in [5.74, 6) is 0.697. The van der Waals surface area contributed by atoms with Crippen molar-refractivity contribution in [1.29, 1.82) is 0 Å². The molecule has 0 unspecified atom stereocenters. The van der Waals surface area contributed by atoms with Gasteiger partial charge in [0.15, 0.2) is 11.5 Å². The molecule has 24 heavy (non-hydrogen) atoms. The molecule has 1 heterocycles. The molecule has 0 saturated heterocycles. The zero-order valence-electron chi connectivity index (χ0n) is 12.1. The lowest BCUT2D eigenvalue weighted by atomic mass is 10.1. The van der Waals surface area contributed by atoms with Crippen LogP contribution in [0.4, 0.5) is 11.4 Å². The fourth-order valence-electron chi connectivity index (χ4n) is 2.07. The quantitative estimate of drug-likeness (QED) is 0.507. The smallest absolute Gasteiger partial charge is 0.282 e. The minimum absolute atomic E-state index is 0.00209. The first-order chi connectivity index (χ1) is 11.3. The van der Waals surface area contributed by atoms with Crippen LogP contribution >= 0.6 is 0 Å². The molecule has 0 amide bonds. The number of aliphatic imine (C=N–C) groups is 1. The maximum Gasteiger partial charge on any atom is 0.282 e. The molecule has 2 N–H and O–H groups in total. The summed E-state index contributed by atoms with van der Waals surface area (Å²) >= 11 is 0. The molecule has 0 spiro atoms. The number of primary sulfonamides is 1. The Morgan fingerprint density at radius 2 is 1.79 bits per heavy atom. The van der Waals surface area contributed by atoms with E-state index < -0.39 is 14.9 Å². The Morgan fingerprint density at radius 3 is 2.38 bits per heavy atom. The Hall–Kier alpha value is -2.98. The van der Waals surface area contributed by atoms with Crippen LogP contribution in [-0.2, 0) is 10.0 Å². The molecule has 0 radical (unpaired) electrons. The maximum absolute atomic E-state index is 11.2. The summed E-state index contributed by atoms with van der Waals surface area (Å²) in [5, 5.41) is 16.2. The predicted molar refractivity (Wildman–Crippen MR) is 84.3 cm³/mol. The molecule has 0 bridgehead atoms. The topological polar surface area (TPSA) is 134 Å². The van der Waals surface area contributed by atoms with Gasteiger partial charge >= 0.3 is 0 Å². The van der Waals surface area contributed by atoms with Crippen molar-refractivity contribution >= 4 is 27.6 Å². The number of sulfonamides is 1. The van der Waals surface area contributed by atoms with Crippen LogP contribution in [0.3, 0.4) is 0 Å². The summed E-state index contributed by atoms with van der Waals surface area (Å²) < 4.78 is 32.7. The summed E-state index contributed by atoms with van der Waals surface area (Å²) in [4.78, 5) is 14.7. The van der Waals surface area contributed by atoms with Crippen LogP contribution in [0.5, 0.6) is 11.5 Å². The number of hydrogen-bond donors (Lipinski definition) is 1. The fraction of sp³-hybridized carbons (Fsp3) is 0.0714. The lowest BCUT2D eigenvalue weighted by Gasteiger charge is -2.01. The third-order valence-corrected chi connectivity index (χ3v) is 4.17. The largest absolute Gasteiger partial charge is 0.454 e. The first-order valence-electron chi connectivity index (χ1n) is 6.59. The Labute approximate surface area is 136 Å². The highest BCUT2D eigenvalue weighted by Gasteiger charge is 2.22. The molecule has 0 saturated carbocycles. The van der Waals surface area contributed by atoms with E-state index in [-0.39, 0.29) is 22.9 Å². The summed E-state index contributed by atoms with van der Waals surface area (Å²) in [6, 6.07) is 8.21. The highest BCUT2D eigenvalue weighted by Crippen LogP contribution is 2.37. The van der Waals surface area contributed by atoms with Crippen molar-refractivity contribution in [2.75, 3.05) is 6.79 Å². The molecular weight excluding hydrogens is 338 g/mol. The number of ether oxygens (including phenoxy) is 2. The van der Waals surface area contributed by atoms with Gasteiger partial charge in [-0.1, -0.05) is 0 Å². The highest BCUT2D eigenvalue weighted by molar-refractivity contribution is 7.89. The van der Waals surface area contributed by atoms with E-state index in [0.717, 1.165) is 0 Å². The van der Waals surface area contributed by atoms with Crippen LogP contribution < -0.4 is 14.6 Å². The predicted octanol–water partition coefficient (Wildman–Crippen LogP) is 1.72. The lowest BCUT2D eigenvalue weighted by Crippen LogP contribution is -2.11. The van der Waals surface area contributed by atoms with Crippen molar-refractivity contribution in [1.82, 2.24) is 0 Å². The minimum Gasteiger partial charge on any atom is -0.454 e. The zero-order valence-corrected chi connectivity index (χ0v) is 12.9. The lowest BCUT2D eigenvalue weighted by molar-refractivity contribution is -0.385. The van der Waals surface area contributed by atoms with Crippen LogP contribution in [0, 0.1) is 10.1 Å². The highest BCUT2D eigenvalue weighted by atomic mass is 32.2. The molecule has 3 rings (SSSR count). The number of rotatable bonds is 4. The molecule has 2 aromatic rings. The van der Waals surface area contributed by atoms with Crippen LogP contribution in [0.2, 0.25) is 0 Å². The molecule has 1 aliphatic rings. The van der Waals surface area contributed by atoms with E-state index in [1.807, 2.05) is 0 Å². The van der Waals surface area contributed by atoms with Gasteiger partial charge in [0.25, 0.3) is 5.69 Å². The first kappa shape index (κ1) is 15.9. The summed E-state index contributed by atoms with van der Waals surface area (Å²) in [5.41, 5.74) is 0.471. The van der Waals surface area contributed by atoms with E-state index in [2.05, 4.69) is 4.99 Å². The second-order valence-electron chi connectivity index (χ2n) is 4.82. The summed E-state index contributed by atoms with van der Waals surface area (Å²) in [6.45, 7) is 0.00209. The third-order valence-electron chi connectivity index (χ3n) is 3.24. The van der Waals surface area contributed by atoms with Crippen molar-refractivity contribution < 1.29 is 22.8 Å². The fourth-order valence-corrected chi connectivity index (χ4v) is 2.59. The maximum atomic E-state index is 11.2. The number of nitro groups is 1. The van der Waals surface area contributed by atoms with Crippen molar-refractivity contribution in [2.45, 2.75) is 4.90 Å². The van der Waals surface area contributed by atoms with Crippen LogP contribution in [0.25, 0.3) is 0 Å². The molecule has 0 atom stereocenters. The van der Waals surface area contributed by atoms with Gasteiger partial charge in [-0.15, -0.1) is 0 Å². The van der Waals surface area contributed by atoms with E-state index >= 15 is 0 Å². The first-order valence-corrected chi connectivity index (χ1v) is 8.14. The minimum atomic E-state index is -3.78. The van der Waals surface area contributed by atoms with Gasteiger partial charge < -0.3 is 9.47 Å². The number of benzene rings is 2. The number of fused-ring (bicyclic) bond motifs is 1. The zero-order chi connectivity index (χ0) is 17.3. The molecule has 10 heteroatoms. The van der Waals surface area contributed by atoms with E-state index in [4.69, 9.17) is 14.6 Å². The molecule has 1 aliphatic heterocycles. The average Bonchev–Trinajstić information content (AvgIpc) is 2.98. The molecule has 124 valence electrons. The van der Waals surface area contributed by atoms with Crippen molar-refractivity contribution in [2.24, 2.45) is 10.1 Å². The van der Waals surface area contributed by atoms with E-state index in [9.17, 15) is 18.5 Å². The number of nitro benzene ring substituents is 1. The average molecular weight is 349 g/mol. The summed E-state index contributed by atoms with van der Waals surface area (Å²) in [6.07, 6.45) is 1.30. The Balaban J connectivity index is 1.93. The van der Waals surface area contributed by atoms with E-state index in [1.54, 1.807) is 0 Å². The second-order valence-corrected chi connectivity index (χ2v) is 6.38. The number of hydrogen-bond acceptors (Lipinski definition) is 7. The number of nitrogens with two attached hydrogens (primary N) is 1. The normalized spacial score (nSPS) is 13.4. The Bertz CT molecular complexity index is 938. The van der Waals surface area contributed by atoms with Gasteiger partial charge in [-0.25, -0.2) is 13.6 Å². The van der Waals surface area contributed by atoms with Crippen LogP contribution in [-0.4, -0.2) is 26.3 Å².